The minimum atomic E-state index is -4.72. The molecule has 0 amide bonds. The molecule has 2 heterocycles. The highest BCUT2D eigenvalue weighted by Crippen LogP contribution is 2.34. The molecule has 2 N–H and O–H groups in total. The Morgan fingerprint density at radius 1 is 1.25 bits per heavy atom. The van der Waals surface area contributed by atoms with Crippen LogP contribution in [-0.2, 0) is 15.7 Å². The van der Waals surface area contributed by atoms with Crippen molar-refractivity contribution in [3.63, 3.8) is 0 Å². The summed E-state index contributed by atoms with van der Waals surface area (Å²) in [6.45, 7) is 6.56. The Balaban J connectivity index is 1.75. The molecule has 0 bridgehead atoms. The van der Waals surface area contributed by atoms with Gasteiger partial charge < -0.3 is 14.5 Å². The quantitative estimate of drug-likeness (QED) is 0.723. The number of alkyl halides is 3. The third-order valence-corrected chi connectivity index (χ3v) is 6.15. The molecule has 10 heteroatoms. The molecule has 1 aromatic carbocycles. The Morgan fingerprint density at radius 3 is 2.39 bits per heavy atom. The van der Waals surface area contributed by atoms with Gasteiger partial charge in [-0.15, -0.1) is 13.2 Å². The average Bonchev–Trinajstić information content (AvgIpc) is 3.06. The highest BCUT2D eigenvalue weighted by molar-refractivity contribution is 7.83. The number of imidazole rings is 1. The second-order valence-electron chi connectivity index (χ2n) is 7.07. The van der Waals surface area contributed by atoms with Gasteiger partial charge in [-0.05, 0) is 43.7 Å². The van der Waals surface area contributed by atoms with Crippen LogP contribution >= 0.6 is 0 Å². The molecule has 1 fully saturated rings. The van der Waals surface area contributed by atoms with Crippen molar-refractivity contribution in [3.8, 4) is 17.0 Å². The second kappa shape index (κ2) is 7.84. The Bertz CT molecular complexity index is 833. The minimum absolute atomic E-state index is 0.0331. The van der Waals surface area contributed by atoms with Crippen LogP contribution in [-0.4, -0.2) is 44.5 Å². The Morgan fingerprint density at radius 2 is 1.89 bits per heavy atom. The van der Waals surface area contributed by atoms with Crippen LogP contribution in [0.25, 0.3) is 11.3 Å². The number of nitrogens with one attached hydrogen (secondary N) is 2. The largest absolute Gasteiger partial charge is 0.573 e. The van der Waals surface area contributed by atoms with Crippen LogP contribution in [0.3, 0.4) is 0 Å². The fraction of sp³-hybridized carbons (Fsp3) is 0.500. The summed E-state index contributed by atoms with van der Waals surface area (Å²) >= 11 is 0. The van der Waals surface area contributed by atoms with Crippen LogP contribution < -0.4 is 9.46 Å². The van der Waals surface area contributed by atoms with Gasteiger partial charge in [-0.25, -0.2) is 13.9 Å². The van der Waals surface area contributed by atoms with Gasteiger partial charge in [0.2, 0.25) is 0 Å². The van der Waals surface area contributed by atoms with Gasteiger partial charge in [0, 0.05) is 11.2 Å². The topological polar surface area (TPSA) is 76.2 Å². The molecular weight excluding hydrogens is 395 g/mol. The lowest BCUT2D eigenvalue weighted by Gasteiger charge is -2.45. The smallest absolute Gasteiger partial charge is 0.406 e. The van der Waals surface area contributed by atoms with Crippen LogP contribution in [0.15, 0.2) is 30.5 Å². The molecule has 154 valence electrons. The van der Waals surface area contributed by atoms with E-state index in [1.807, 2.05) is 20.8 Å². The number of aromatic nitrogens is 2. The zero-order valence-electron chi connectivity index (χ0n) is 15.7. The number of rotatable bonds is 7. The lowest BCUT2D eigenvalue weighted by atomic mass is 9.84. The van der Waals surface area contributed by atoms with Gasteiger partial charge in [-0.1, -0.05) is 6.92 Å². The van der Waals surface area contributed by atoms with E-state index in [1.54, 1.807) is 6.20 Å². The van der Waals surface area contributed by atoms with E-state index in [-0.39, 0.29) is 16.9 Å². The predicted molar refractivity (Wildman–Crippen MR) is 99.1 cm³/mol. The monoisotopic (exact) mass is 417 g/mol. The highest BCUT2D eigenvalue weighted by Gasteiger charge is 2.46. The van der Waals surface area contributed by atoms with E-state index < -0.39 is 22.9 Å². The lowest BCUT2D eigenvalue weighted by molar-refractivity contribution is -0.274. The van der Waals surface area contributed by atoms with Crippen molar-refractivity contribution >= 4 is 11.0 Å². The SMILES string of the molecule is CC(C)S(=O)NC1(C(C)c2ncc(-c3ccc(OC(F)(F)F)cc3)[nH]2)COC1. The van der Waals surface area contributed by atoms with Gasteiger partial charge in [0.1, 0.15) is 11.6 Å². The number of hydrogen-bond donors (Lipinski definition) is 2. The molecular formula is C18H22F3N3O3S. The van der Waals surface area contributed by atoms with E-state index in [0.29, 0.717) is 30.3 Å². The van der Waals surface area contributed by atoms with Crippen LogP contribution in [0, 0.1) is 0 Å². The summed E-state index contributed by atoms with van der Waals surface area (Å²) in [7, 11) is -1.20. The first-order chi connectivity index (χ1) is 13.1. The molecule has 2 unspecified atom stereocenters. The zero-order valence-corrected chi connectivity index (χ0v) is 16.5. The number of ether oxygens (including phenoxy) is 2. The Labute approximate surface area is 163 Å². The zero-order chi connectivity index (χ0) is 20.5. The summed E-state index contributed by atoms with van der Waals surface area (Å²) in [5.74, 6) is 0.294. The molecule has 28 heavy (non-hydrogen) atoms. The first-order valence-electron chi connectivity index (χ1n) is 8.77. The first kappa shape index (κ1) is 20.8. The third kappa shape index (κ3) is 4.56. The highest BCUT2D eigenvalue weighted by atomic mass is 32.2. The van der Waals surface area contributed by atoms with Crippen molar-refractivity contribution in [3.05, 3.63) is 36.3 Å². The normalized spacial score (nSPS) is 18.5. The van der Waals surface area contributed by atoms with Gasteiger partial charge in [0.15, 0.2) is 0 Å². The van der Waals surface area contributed by atoms with Crippen LogP contribution in [0.1, 0.15) is 32.5 Å². The third-order valence-electron chi connectivity index (χ3n) is 4.68. The Hall–Kier alpha value is -1.91. The summed E-state index contributed by atoms with van der Waals surface area (Å²) < 4.78 is 61.5. The van der Waals surface area contributed by atoms with Crippen molar-refractivity contribution in [1.82, 2.24) is 14.7 Å². The van der Waals surface area contributed by atoms with Gasteiger partial charge in [0.05, 0.1) is 41.6 Å². The van der Waals surface area contributed by atoms with Crippen LogP contribution in [0.2, 0.25) is 0 Å². The molecule has 1 saturated heterocycles. The van der Waals surface area contributed by atoms with Gasteiger partial charge in [-0.2, -0.15) is 0 Å². The minimum Gasteiger partial charge on any atom is -0.406 e. The fourth-order valence-corrected chi connectivity index (χ4v) is 3.77. The van der Waals surface area contributed by atoms with E-state index in [2.05, 4.69) is 19.4 Å². The molecule has 2 aromatic rings. The number of H-pyrrole nitrogens is 1. The van der Waals surface area contributed by atoms with E-state index in [1.165, 1.54) is 24.3 Å². The van der Waals surface area contributed by atoms with Gasteiger partial charge >= 0.3 is 6.36 Å². The van der Waals surface area contributed by atoms with Crippen LogP contribution in [0.4, 0.5) is 13.2 Å². The number of aromatic amines is 1. The molecule has 2 atom stereocenters. The van der Waals surface area contributed by atoms with E-state index in [0.717, 1.165) is 0 Å². The lowest BCUT2D eigenvalue weighted by Crippen LogP contribution is -2.64. The van der Waals surface area contributed by atoms with Crippen molar-refractivity contribution < 1.29 is 26.9 Å². The van der Waals surface area contributed by atoms with Gasteiger partial charge in [-0.3, -0.25) is 0 Å². The molecule has 3 rings (SSSR count). The molecule has 1 aliphatic heterocycles. The fourth-order valence-electron chi connectivity index (χ4n) is 2.84. The molecule has 0 spiro atoms. The summed E-state index contributed by atoms with van der Waals surface area (Å²) in [6, 6.07) is 5.55. The molecule has 1 aromatic heterocycles. The first-order valence-corrected chi connectivity index (χ1v) is 9.98. The standard InChI is InChI=1S/C18H22F3N3O3S/c1-11(2)28(25)24-17(9-26-10-17)12(3)16-22-8-15(23-16)13-4-6-14(7-5-13)27-18(19,20)21/h4-8,11-12,24H,9-10H2,1-3H3,(H,22,23). The molecule has 6 nitrogen and oxygen atoms in total. The van der Waals surface area contributed by atoms with E-state index >= 15 is 0 Å². The van der Waals surface area contributed by atoms with E-state index in [9.17, 15) is 17.4 Å². The molecule has 0 saturated carbocycles. The predicted octanol–water partition coefficient (Wildman–Crippen LogP) is 3.51. The summed E-state index contributed by atoms with van der Waals surface area (Å²) in [6.07, 6.45) is -3.10. The van der Waals surface area contributed by atoms with Crippen molar-refractivity contribution in [2.75, 3.05) is 13.2 Å². The number of nitrogens with zero attached hydrogens (tertiary/aromatic N) is 1. The maximum Gasteiger partial charge on any atom is 0.573 e. The maximum absolute atomic E-state index is 12.3. The van der Waals surface area contributed by atoms with Crippen molar-refractivity contribution in [2.24, 2.45) is 0 Å². The summed E-state index contributed by atoms with van der Waals surface area (Å²) in [5.41, 5.74) is 0.869. The second-order valence-corrected chi connectivity index (χ2v) is 8.81. The van der Waals surface area contributed by atoms with E-state index in [4.69, 9.17) is 4.74 Å². The number of hydrogen-bond acceptors (Lipinski definition) is 4. The maximum atomic E-state index is 12.3. The van der Waals surface area contributed by atoms with Crippen LogP contribution in [0.5, 0.6) is 5.75 Å². The number of halogens is 3. The van der Waals surface area contributed by atoms with Crippen molar-refractivity contribution in [1.29, 1.82) is 0 Å². The Kier molecular flexibility index (Phi) is 5.83. The van der Waals surface area contributed by atoms with Crippen molar-refractivity contribution in [2.45, 2.75) is 43.8 Å². The van der Waals surface area contributed by atoms with Gasteiger partial charge in [0.25, 0.3) is 0 Å². The summed E-state index contributed by atoms with van der Waals surface area (Å²) in [4.78, 5) is 7.62. The number of benzene rings is 1. The molecule has 1 aliphatic rings. The molecule has 0 aliphatic carbocycles. The average molecular weight is 417 g/mol. The summed E-state index contributed by atoms with van der Waals surface area (Å²) in [5, 5.41) is -0.0331. The molecule has 0 radical (unpaired) electrons.